The first kappa shape index (κ1) is 13.0. The molecule has 19 heavy (non-hydrogen) atoms. The Labute approximate surface area is 112 Å². The average Bonchev–Trinajstić information content (AvgIpc) is 2.42. The Morgan fingerprint density at radius 3 is 2.84 bits per heavy atom. The third-order valence-corrected chi connectivity index (χ3v) is 2.71. The second-order valence-electron chi connectivity index (χ2n) is 4.11. The molecule has 0 saturated heterocycles. The Morgan fingerprint density at radius 2 is 2.16 bits per heavy atom. The molecule has 1 aromatic carbocycles. The van der Waals surface area contributed by atoms with Crippen LogP contribution in [-0.2, 0) is 6.42 Å². The van der Waals surface area contributed by atoms with E-state index in [2.05, 4.69) is 16.0 Å². The van der Waals surface area contributed by atoms with Crippen molar-refractivity contribution in [2.45, 2.75) is 20.3 Å². The van der Waals surface area contributed by atoms with E-state index in [0.717, 1.165) is 22.6 Å². The molecule has 1 heterocycles. The maximum Gasteiger partial charge on any atom is 0.142 e. The summed E-state index contributed by atoms with van der Waals surface area (Å²) in [6, 6.07) is 9.84. The highest BCUT2D eigenvalue weighted by Gasteiger charge is 2.05. The molecule has 0 amide bonds. The monoisotopic (exact) mass is 253 g/mol. The first-order valence-corrected chi connectivity index (χ1v) is 6.17. The van der Waals surface area contributed by atoms with Crippen LogP contribution in [0.4, 0.5) is 0 Å². The quantitative estimate of drug-likeness (QED) is 0.840. The molecule has 0 N–H and O–H groups in total. The number of nitrogens with zero attached hydrogens (tertiary/aromatic N) is 3. The number of hydrogen-bond acceptors (Lipinski definition) is 4. The van der Waals surface area contributed by atoms with Crippen LogP contribution in [-0.4, -0.2) is 16.6 Å². The SMILES string of the molecule is CCOc1ccc(-c2ccnc(CC#N)n2)cc1C. The van der Waals surface area contributed by atoms with E-state index in [4.69, 9.17) is 10.00 Å². The third kappa shape index (κ3) is 3.08. The molecule has 0 saturated carbocycles. The highest BCUT2D eigenvalue weighted by molar-refractivity contribution is 5.61. The minimum atomic E-state index is 0.226. The number of benzene rings is 1. The molecule has 1 aromatic heterocycles. The molecule has 0 aliphatic rings. The molecule has 0 radical (unpaired) electrons. The first-order valence-electron chi connectivity index (χ1n) is 6.17. The summed E-state index contributed by atoms with van der Waals surface area (Å²) in [6.45, 7) is 4.62. The van der Waals surface area contributed by atoms with E-state index in [1.54, 1.807) is 6.20 Å². The van der Waals surface area contributed by atoms with Crippen molar-refractivity contribution in [3.63, 3.8) is 0 Å². The largest absolute Gasteiger partial charge is 0.494 e. The lowest BCUT2D eigenvalue weighted by Crippen LogP contribution is -1.96. The number of aromatic nitrogens is 2. The summed E-state index contributed by atoms with van der Waals surface area (Å²) in [5, 5.41) is 8.67. The van der Waals surface area contributed by atoms with E-state index in [1.165, 1.54) is 0 Å². The smallest absolute Gasteiger partial charge is 0.142 e. The summed E-state index contributed by atoms with van der Waals surface area (Å²) < 4.78 is 5.51. The molecule has 0 aliphatic carbocycles. The second-order valence-corrected chi connectivity index (χ2v) is 4.11. The van der Waals surface area contributed by atoms with Gasteiger partial charge in [-0.2, -0.15) is 5.26 Å². The van der Waals surface area contributed by atoms with E-state index < -0.39 is 0 Å². The van der Waals surface area contributed by atoms with Crippen LogP contribution >= 0.6 is 0 Å². The van der Waals surface area contributed by atoms with Crippen molar-refractivity contribution in [2.75, 3.05) is 6.61 Å². The number of ether oxygens (including phenoxy) is 1. The van der Waals surface area contributed by atoms with Gasteiger partial charge in [0.25, 0.3) is 0 Å². The molecule has 0 aliphatic heterocycles. The van der Waals surface area contributed by atoms with Gasteiger partial charge in [0.05, 0.1) is 24.8 Å². The minimum Gasteiger partial charge on any atom is -0.494 e. The molecule has 2 aromatic rings. The summed E-state index contributed by atoms with van der Waals surface area (Å²) >= 11 is 0. The van der Waals surface area contributed by atoms with E-state index in [9.17, 15) is 0 Å². The normalized spacial score (nSPS) is 9.95. The Hall–Kier alpha value is -2.41. The molecule has 96 valence electrons. The fourth-order valence-corrected chi connectivity index (χ4v) is 1.84. The zero-order valence-corrected chi connectivity index (χ0v) is 11.1. The van der Waals surface area contributed by atoms with Crippen LogP contribution in [0.15, 0.2) is 30.5 Å². The van der Waals surface area contributed by atoms with Crippen LogP contribution in [0.1, 0.15) is 18.3 Å². The summed E-state index contributed by atoms with van der Waals surface area (Å²) in [5.41, 5.74) is 2.90. The van der Waals surface area contributed by atoms with Gasteiger partial charge in [-0.3, -0.25) is 0 Å². The Morgan fingerprint density at radius 1 is 1.32 bits per heavy atom. The Balaban J connectivity index is 2.34. The van der Waals surface area contributed by atoms with Crippen LogP contribution in [0.2, 0.25) is 0 Å². The second kappa shape index (κ2) is 5.96. The van der Waals surface area contributed by atoms with Crippen LogP contribution < -0.4 is 4.74 Å². The van der Waals surface area contributed by atoms with Gasteiger partial charge in [-0.05, 0) is 43.7 Å². The van der Waals surface area contributed by atoms with Gasteiger partial charge in [0.15, 0.2) is 0 Å². The molecule has 0 unspecified atom stereocenters. The zero-order valence-electron chi connectivity index (χ0n) is 11.1. The molecule has 0 spiro atoms. The van der Waals surface area contributed by atoms with Crippen LogP contribution in [0, 0.1) is 18.3 Å². The van der Waals surface area contributed by atoms with Gasteiger partial charge in [0.1, 0.15) is 11.6 Å². The van der Waals surface area contributed by atoms with Gasteiger partial charge in [-0.25, -0.2) is 9.97 Å². The molecule has 0 atom stereocenters. The van der Waals surface area contributed by atoms with Crippen molar-refractivity contribution in [1.82, 2.24) is 9.97 Å². The lowest BCUT2D eigenvalue weighted by molar-refractivity contribution is 0.338. The third-order valence-electron chi connectivity index (χ3n) is 2.71. The molecular formula is C15H15N3O. The first-order chi connectivity index (χ1) is 9.24. The molecular weight excluding hydrogens is 238 g/mol. The van der Waals surface area contributed by atoms with Crippen molar-refractivity contribution in [2.24, 2.45) is 0 Å². The van der Waals surface area contributed by atoms with E-state index >= 15 is 0 Å². The highest BCUT2D eigenvalue weighted by Crippen LogP contribution is 2.24. The number of nitriles is 1. The Kier molecular flexibility index (Phi) is 4.09. The molecule has 0 fully saturated rings. The van der Waals surface area contributed by atoms with Gasteiger partial charge >= 0.3 is 0 Å². The van der Waals surface area contributed by atoms with E-state index in [-0.39, 0.29) is 6.42 Å². The van der Waals surface area contributed by atoms with Gasteiger partial charge in [0, 0.05) is 11.8 Å². The van der Waals surface area contributed by atoms with Crippen molar-refractivity contribution < 1.29 is 4.74 Å². The lowest BCUT2D eigenvalue weighted by Gasteiger charge is -2.09. The van der Waals surface area contributed by atoms with Crippen molar-refractivity contribution in [3.8, 4) is 23.1 Å². The maximum absolute atomic E-state index is 8.67. The predicted octanol–water partition coefficient (Wildman–Crippen LogP) is 2.92. The number of hydrogen-bond donors (Lipinski definition) is 0. The van der Waals surface area contributed by atoms with E-state index in [1.807, 2.05) is 38.1 Å². The fraction of sp³-hybridized carbons (Fsp3) is 0.267. The number of rotatable bonds is 4. The average molecular weight is 253 g/mol. The maximum atomic E-state index is 8.67. The van der Waals surface area contributed by atoms with Gasteiger partial charge in [-0.15, -0.1) is 0 Å². The summed E-state index contributed by atoms with van der Waals surface area (Å²) in [4.78, 5) is 8.44. The predicted molar refractivity (Wildman–Crippen MR) is 72.7 cm³/mol. The van der Waals surface area contributed by atoms with Crippen molar-refractivity contribution >= 4 is 0 Å². The van der Waals surface area contributed by atoms with Crippen molar-refractivity contribution in [1.29, 1.82) is 5.26 Å². The zero-order chi connectivity index (χ0) is 13.7. The molecule has 2 rings (SSSR count). The van der Waals surface area contributed by atoms with Crippen LogP contribution in [0.25, 0.3) is 11.3 Å². The standard InChI is InChI=1S/C15H15N3O/c1-3-19-14-5-4-12(10-11(14)2)13-7-9-17-15(18-13)6-8-16/h4-5,7,9-10H,3,6H2,1-2H3. The Bertz CT molecular complexity index is 617. The van der Waals surface area contributed by atoms with Crippen molar-refractivity contribution in [3.05, 3.63) is 41.9 Å². The molecule has 0 bridgehead atoms. The van der Waals surface area contributed by atoms with E-state index in [0.29, 0.717) is 12.4 Å². The van der Waals surface area contributed by atoms with Gasteiger partial charge in [-0.1, -0.05) is 0 Å². The minimum absolute atomic E-state index is 0.226. The summed E-state index contributed by atoms with van der Waals surface area (Å²) in [7, 11) is 0. The van der Waals surface area contributed by atoms with Crippen LogP contribution in [0.5, 0.6) is 5.75 Å². The fourth-order valence-electron chi connectivity index (χ4n) is 1.84. The topological polar surface area (TPSA) is 58.8 Å². The number of aryl methyl sites for hydroxylation is 1. The van der Waals surface area contributed by atoms with Crippen LogP contribution in [0.3, 0.4) is 0 Å². The van der Waals surface area contributed by atoms with Gasteiger partial charge in [0.2, 0.25) is 0 Å². The highest BCUT2D eigenvalue weighted by atomic mass is 16.5. The lowest BCUT2D eigenvalue weighted by atomic mass is 10.1. The molecule has 4 heteroatoms. The molecule has 4 nitrogen and oxygen atoms in total. The summed E-state index contributed by atoms with van der Waals surface area (Å²) in [6.07, 6.45) is 1.91. The summed E-state index contributed by atoms with van der Waals surface area (Å²) in [5.74, 6) is 1.43. The van der Waals surface area contributed by atoms with Gasteiger partial charge < -0.3 is 4.74 Å².